The zero-order valence-corrected chi connectivity index (χ0v) is 17.2. The van der Waals surface area contributed by atoms with Crippen LogP contribution in [0, 0.1) is 0 Å². The maximum absolute atomic E-state index is 12.6. The van der Waals surface area contributed by atoms with Gasteiger partial charge in [0.2, 0.25) is 10.0 Å². The van der Waals surface area contributed by atoms with Crippen LogP contribution >= 0.6 is 0 Å². The van der Waals surface area contributed by atoms with Crippen molar-refractivity contribution >= 4 is 21.6 Å². The molecule has 0 aliphatic carbocycles. The number of sulfonamides is 1. The fourth-order valence-corrected chi connectivity index (χ4v) is 4.66. The number of benzene rings is 2. The van der Waals surface area contributed by atoms with Crippen LogP contribution in [0.4, 0.5) is 5.69 Å². The fraction of sp³-hybridized carbons (Fsp3) is 0.381. The standard InChI is InChI=1S/C21H27N3O3S/c1-3-17-6-10-20(11-7-17)22-21(25)19-8-4-18(5-9-19)16-28(26,27)24-14-12-23(2)13-15-24/h4-11H,3,12-16H2,1-2H3,(H,22,25). The van der Waals surface area contributed by atoms with Gasteiger partial charge in [0.05, 0.1) is 5.75 Å². The Morgan fingerprint density at radius 1 is 0.929 bits per heavy atom. The molecule has 0 radical (unpaired) electrons. The lowest BCUT2D eigenvalue weighted by Gasteiger charge is -2.31. The van der Waals surface area contributed by atoms with Crippen molar-refractivity contribution in [2.75, 3.05) is 38.5 Å². The number of carbonyl (C=O) groups is 1. The molecule has 7 heteroatoms. The van der Waals surface area contributed by atoms with Gasteiger partial charge in [0.1, 0.15) is 0 Å². The molecule has 1 amide bonds. The van der Waals surface area contributed by atoms with Crippen molar-refractivity contribution in [2.24, 2.45) is 0 Å². The molecule has 6 nitrogen and oxygen atoms in total. The number of piperazine rings is 1. The highest BCUT2D eigenvalue weighted by molar-refractivity contribution is 7.88. The number of rotatable bonds is 6. The van der Waals surface area contributed by atoms with E-state index in [2.05, 4.69) is 17.1 Å². The van der Waals surface area contributed by atoms with Crippen LogP contribution in [0.15, 0.2) is 48.5 Å². The van der Waals surface area contributed by atoms with Crippen LogP contribution in [0.5, 0.6) is 0 Å². The van der Waals surface area contributed by atoms with Crippen molar-refractivity contribution in [3.8, 4) is 0 Å². The normalized spacial score (nSPS) is 16.1. The molecule has 1 aliphatic heterocycles. The molecule has 0 unspecified atom stereocenters. The van der Waals surface area contributed by atoms with Crippen molar-refractivity contribution in [3.63, 3.8) is 0 Å². The minimum Gasteiger partial charge on any atom is -0.322 e. The first-order chi connectivity index (χ1) is 13.4. The largest absolute Gasteiger partial charge is 0.322 e. The van der Waals surface area contributed by atoms with Crippen molar-refractivity contribution in [1.29, 1.82) is 0 Å². The summed E-state index contributed by atoms with van der Waals surface area (Å²) in [4.78, 5) is 14.5. The highest BCUT2D eigenvalue weighted by Crippen LogP contribution is 2.16. The van der Waals surface area contributed by atoms with E-state index in [-0.39, 0.29) is 11.7 Å². The molecule has 0 saturated carbocycles. The average molecular weight is 402 g/mol. The number of aryl methyl sites for hydroxylation is 1. The summed E-state index contributed by atoms with van der Waals surface area (Å²) in [5.74, 6) is -0.255. The van der Waals surface area contributed by atoms with Crippen LogP contribution < -0.4 is 5.32 Å². The van der Waals surface area contributed by atoms with Crippen molar-refractivity contribution in [1.82, 2.24) is 9.21 Å². The second kappa shape index (κ2) is 8.86. The first kappa shape index (κ1) is 20.5. The van der Waals surface area contributed by atoms with Crippen LogP contribution in [-0.4, -0.2) is 56.8 Å². The van der Waals surface area contributed by atoms with Gasteiger partial charge in [-0.05, 0) is 48.9 Å². The number of hydrogen-bond donors (Lipinski definition) is 1. The van der Waals surface area contributed by atoms with E-state index in [9.17, 15) is 13.2 Å². The summed E-state index contributed by atoms with van der Waals surface area (Å²) < 4.78 is 26.8. The number of nitrogens with zero attached hydrogens (tertiary/aromatic N) is 2. The molecule has 1 N–H and O–H groups in total. The predicted molar refractivity (Wildman–Crippen MR) is 112 cm³/mol. The van der Waals surface area contributed by atoms with Gasteiger partial charge in [0.15, 0.2) is 0 Å². The Balaban J connectivity index is 1.61. The van der Waals surface area contributed by atoms with E-state index in [0.717, 1.165) is 25.2 Å². The Hall–Kier alpha value is -2.22. The number of anilines is 1. The number of nitrogens with one attached hydrogen (secondary N) is 1. The maximum Gasteiger partial charge on any atom is 0.255 e. The number of likely N-dealkylation sites (N-methyl/N-ethyl adjacent to an activating group) is 1. The average Bonchev–Trinajstić information content (AvgIpc) is 2.69. The lowest BCUT2D eigenvalue weighted by atomic mass is 10.1. The molecule has 1 aliphatic rings. The van der Waals surface area contributed by atoms with Gasteiger partial charge >= 0.3 is 0 Å². The van der Waals surface area contributed by atoms with Crippen LogP contribution in [-0.2, 0) is 22.2 Å². The summed E-state index contributed by atoms with van der Waals surface area (Å²) in [5.41, 5.74) is 3.14. The van der Waals surface area contributed by atoms with Crippen molar-refractivity contribution in [3.05, 3.63) is 65.2 Å². The van der Waals surface area contributed by atoms with Crippen molar-refractivity contribution < 1.29 is 13.2 Å². The summed E-state index contributed by atoms with van der Waals surface area (Å²) in [6, 6.07) is 14.5. The minimum absolute atomic E-state index is 0.0446. The van der Waals surface area contributed by atoms with Gasteiger partial charge in [-0.15, -0.1) is 0 Å². The Kier molecular flexibility index (Phi) is 6.49. The molecular weight excluding hydrogens is 374 g/mol. The van der Waals surface area contributed by atoms with Crippen LogP contribution in [0.2, 0.25) is 0 Å². The Morgan fingerprint density at radius 2 is 1.50 bits per heavy atom. The number of carbonyl (C=O) groups excluding carboxylic acids is 1. The van der Waals surface area contributed by atoms with Gasteiger partial charge in [-0.25, -0.2) is 8.42 Å². The molecule has 1 saturated heterocycles. The third kappa shape index (κ3) is 5.19. The van der Waals surface area contributed by atoms with E-state index in [1.165, 1.54) is 5.56 Å². The maximum atomic E-state index is 12.6. The quantitative estimate of drug-likeness (QED) is 0.808. The molecule has 3 rings (SSSR count). The second-order valence-corrected chi connectivity index (χ2v) is 9.13. The molecule has 2 aromatic carbocycles. The summed E-state index contributed by atoms with van der Waals surface area (Å²) in [7, 11) is -1.35. The van der Waals surface area contributed by atoms with Gasteiger partial charge < -0.3 is 10.2 Å². The SMILES string of the molecule is CCc1ccc(NC(=O)c2ccc(CS(=O)(=O)N3CCN(C)CC3)cc2)cc1. The summed E-state index contributed by atoms with van der Waals surface area (Å²) in [5, 5.41) is 2.86. The Labute approximate surface area is 167 Å². The Morgan fingerprint density at radius 3 is 2.07 bits per heavy atom. The first-order valence-electron chi connectivity index (χ1n) is 9.53. The third-order valence-corrected chi connectivity index (χ3v) is 6.89. The topological polar surface area (TPSA) is 69.7 Å². The van der Waals surface area contributed by atoms with Crippen molar-refractivity contribution in [2.45, 2.75) is 19.1 Å². The molecule has 28 heavy (non-hydrogen) atoms. The molecule has 2 aromatic rings. The van der Waals surface area contributed by atoms with Gasteiger partial charge in [0, 0.05) is 37.4 Å². The van der Waals surface area contributed by atoms with Crippen LogP contribution in [0.3, 0.4) is 0 Å². The zero-order valence-electron chi connectivity index (χ0n) is 16.4. The van der Waals surface area contributed by atoms with E-state index in [1.807, 2.05) is 31.3 Å². The second-order valence-electron chi connectivity index (χ2n) is 7.16. The molecule has 1 fully saturated rings. The molecular formula is C21H27N3O3S. The Bertz CT molecular complexity index is 901. The van der Waals surface area contributed by atoms with Gasteiger partial charge in [-0.3, -0.25) is 4.79 Å². The summed E-state index contributed by atoms with van der Waals surface area (Å²) in [6.45, 7) is 4.63. The zero-order chi connectivity index (χ0) is 20.1. The van der Waals surface area contributed by atoms with E-state index >= 15 is 0 Å². The molecule has 150 valence electrons. The molecule has 1 heterocycles. The number of amides is 1. The van der Waals surface area contributed by atoms with Gasteiger partial charge in [0.25, 0.3) is 5.91 Å². The molecule has 0 aromatic heterocycles. The van der Waals surface area contributed by atoms with E-state index in [1.54, 1.807) is 28.6 Å². The lowest BCUT2D eigenvalue weighted by molar-refractivity contribution is 0.102. The van der Waals surface area contributed by atoms with Gasteiger partial charge in [-0.2, -0.15) is 4.31 Å². The van der Waals surface area contributed by atoms with E-state index in [0.29, 0.717) is 24.2 Å². The highest BCUT2D eigenvalue weighted by Gasteiger charge is 2.25. The van der Waals surface area contributed by atoms with Crippen LogP contribution in [0.25, 0.3) is 0 Å². The third-order valence-electron chi connectivity index (χ3n) is 5.04. The molecule has 0 atom stereocenters. The monoisotopic (exact) mass is 401 g/mol. The minimum atomic E-state index is -3.34. The van der Waals surface area contributed by atoms with Gasteiger partial charge in [-0.1, -0.05) is 31.2 Å². The predicted octanol–water partition coefficient (Wildman–Crippen LogP) is 2.58. The summed E-state index contributed by atoms with van der Waals surface area (Å²) >= 11 is 0. The number of hydrogen-bond acceptors (Lipinski definition) is 4. The lowest BCUT2D eigenvalue weighted by Crippen LogP contribution is -2.47. The van der Waals surface area contributed by atoms with E-state index < -0.39 is 10.0 Å². The first-order valence-corrected chi connectivity index (χ1v) is 11.1. The van der Waals surface area contributed by atoms with E-state index in [4.69, 9.17) is 0 Å². The fourth-order valence-electron chi connectivity index (χ4n) is 3.15. The molecule has 0 spiro atoms. The smallest absolute Gasteiger partial charge is 0.255 e. The summed E-state index contributed by atoms with van der Waals surface area (Å²) in [6.07, 6.45) is 0.951. The van der Waals surface area contributed by atoms with Crippen LogP contribution in [0.1, 0.15) is 28.4 Å². The highest BCUT2D eigenvalue weighted by atomic mass is 32.2. The molecule has 0 bridgehead atoms.